The van der Waals surface area contributed by atoms with Crippen LogP contribution in [0.25, 0.3) is 16.7 Å². The lowest BCUT2D eigenvalue weighted by Crippen LogP contribution is -2.08. The lowest BCUT2D eigenvalue weighted by molar-refractivity contribution is -0.138. The highest BCUT2D eigenvalue weighted by Crippen LogP contribution is 2.21. The van der Waals surface area contributed by atoms with Gasteiger partial charge in [0.15, 0.2) is 0 Å². The zero-order valence-corrected chi connectivity index (χ0v) is 13.3. The molecule has 2 aromatic carbocycles. The second-order valence-electron chi connectivity index (χ2n) is 5.46. The number of fused-ring (bicyclic) bond motifs is 1. The van der Waals surface area contributed by atoms with Crippen LogP contribution in [-0.2, 0) is 16.0 Å². The summed E-state index contributed by atoms with van der Waals surface area (Å²) >= 11 is 0. The second kappa shape index (κ2) is 6.54. The molecule has 0 fully saturated rings. The molecule has 0 atom stereocenters. The number of esters is 1. The first kappa shape index (κ1) is 15.7. The Balaban J connectivity index is 1.80. The van der Waals surface area contributed by atoms with Gasteiger partial charge in [-0.2, -0.15) is 4.80 Å². The highest BCUT2D eigenvalue weighted by atomic mass is 16.5. The van der Waals surface area contributed by atoms with Gasteiger partial charge in [0.05, 0.1) is 12.3 Å². The summed E-state index contributed by atoms with van der Waals surface area (Å²) in [5, 5.41) is 18.8. The van der Waals surface area contributed by atoms with Crippen molar-refractivity contribution >= 4 is 17.0 Å². The van der Waals surface area contributed by atoms with Crippen LogP contribution in [0.3, 0.4) is 0 Å². The average molecular weight is 323 g/mol. The fourth-order valence-corrected chi connectivity index (χ4v) is 2.25. The Morgan fingerprint density at radius 3 is 2.50 bits per heavy atom. The fraction of sp³-hybridized carbons (Fsp3) is 0.167. The van der Waals surface area contributed by atoms with Crippen LogP contribution in [0.1, 0.15) is 12.5 Å². The number of hydrogen-bond acceptors (Lipinski definition) is 5. The SMILES string of the molecule is C=C(C)C(=O)OCCc1cc(-n2nc3ccccc3n2)ccc1O. The Bertz CT molecular complexity index is 882. The van der Waals surface area contributed by atoms with E-state index in [1.165, 1.54) is 4.80 Å². The number of aromatic hydroxyl groups is 1. The van der Waals surface area contributed by atoms with Crippen molar-refractivity contribution in [1.29, 1.82) is 0 Å². The van der Waals surface area contributed by atoms with Crippen LogP contribution in [0.15, 0.2) is 54.6 Å². The summed E-state index contributed by atoms with van der Waals surface area (Å²) in [6.45, 7) is 5.28. The first-order chi connectivity index (χ1) is 11.5. The zero-order chi connectivity index (χ0) is 17.1. The van der Waals surface area contributed by atoms with Gasteiger partial charge in [0.2, 0.25) is 0 Å². The summed E-state index contributed by atoms with van der Waals surface area (Å²) < 4.78 is 5.07. The number of benzene rings is 2. The van der Waals surface area contributed by atoms with E-state index in [-0.39, 0.29) is 12.4 Å². The Morgan fingerprint density at radius 2 is 1.88 bits per heavy atom. The molecule has 0 unspecified atom stereocenters. The topological polar surface area (TPSA) is 77.2 Å². The molecule has 0 spiro atoms. The molecule has 3 aromatic rings. The Morgan fingerprint density at radius 1 is 1.21 bits per heavy atom. The van der Waals surface area contributed by atoms with Crippen molar-refractivity contribution in [2.24, 2.45) is 0 Å². The van der Waals surface area contributed by atoms with Crippen LogP contribution in [0, 0.1) is 0 Å². The minimum atomic E-state index is -0.439. The third-order valence-corrected chi connectivity index (χ3v) is 3.53. The van der Waals surface area contributed by atoms with Gasteiger partial charge in [-0.15, -0.1) is 10.2 Å². The number of phenols is 1. The Hall–Kier alpha value is -3.15. The summed E-state index contributed by atoms with van der Waals surface area (Å²) in [5.74, 6) is -0.299. The standard InChI is InChI=1S/C18H17N3O3/c1-12(2)18(23)24-10-9-13-11-14(7-8-17(13)22)21-19-15-5-3-4-6-16(15)20-21/h3-8,11,22H,1,9-10H2,2H3. The molecule has 0 aliphatic rings. The van der Waals surface area contributed by atoms with Gasteiger partial charge in [0.25, 0.3) is 0 Å². The van der Waals surface area contributed by atoms with Crippen LogP contribution in [0.2, 0.25) is 0 Å². The molecule has 6 nitrogen and oxygen atoms in total. The highest BCUT2D eigenvalue weighted by molar-refractivity contribution is 5.86. The van der Waals surface area contributed by atoms with Gasteiger partial charge in [0.1, 0.15) is 16.8 Å². The molecule has 1 heterocycles. The van der Waals surface area contributed by atoms with Gasteiger partial charge in [-0.05, 0) is 42.8 Å². The fourth-order valence-electron chi connectivity index (χ4n) is 2.25. The predicted molar refractivity (Wildman–Crippen MR) is 90.0 cm³/mol. The monoisotopic (exact) mass is 323 g/mol. The maximum absolute atomic E-state index is 11.4. The maximum Gasteiger partial charge on any atom is 0.333 e. The summed E-state index contributed by atoms with van der Waals surface area (Å²) in [4.78, 5) is 12.9. The smallest absolute Gasteiger partial charge is 0.333 e. The number of carbonyl (C=O) groups is 1. The molecule has 0 saturated carbocycles. The van der Waals surface area contributed by atoms with Crippen molar-refractivity contribution in [2.45, 2.75) is 13.3 Å². The van der Waals surface area contributed by atoms with Crippen LogP contribution in [0.4, 0.5) is 0 Å². The molecule has 0 amide bonds. The quantitative estimate of drug-likeness (QED) is 0.577. The summed E-state index contributed by atoms with van der Waals surface area (Å²) in [6.07, 6.45) is 0.388. The number of hydrogen-bond donors (Lipinski definition) is 1. The van der Waals surface area contributed by atoms with Gasteiger partial charge in [-0.25, -0.2) is 4.79 Å². The van der Waals surface area contributed by atoms with Crippen molar-refractivity contribution in [1.82, 2.24) is 15.0 Å². The van der Waals surface area contributed by atoms with Gasteiger partial charge in [-0.1, -0.05) is 18.7 Å². The molecule has 6 heteroatoms. The number of phenolic OH excluding ortho intramolecular Hbond substituents is 1. The van der Waals surface area contributed by atoms with Crippen molar-refractivity contribution in [2.75, 3.05) is 6.61 Å². The van der Waals surface area contributed by atoms with E-state index in [0.717, 1.165) is 16.7 Å². The molecule has 24 heavy (non-hydrogen) atoms. The molecule has 0 aliphatic carbocycles. The zero-order valence-electron chi connectivity index (χ0n) is 13.3. The van der Waals surface area contributed by atoms with E-state index in [0.29, 0.717) is 17.6 Å². The van der Waals surface area contributed by atoms with E-state index in [9.17, 15) is 9.90 Å². The van der Waals surface area contributed by atoms with Crippen molar-refractivity contribution < 1.29 is 14.6 Å². The van der Waals surface area contributed by atoms with Gasteiger partial charge in [-0.3, -0.25) is 0 Å². The van der Waals surface area contributed by atoms with Gasteiger partial charge >= 0.3 is 5.97 Å². The molecule has 3 rings (SSSR count). The minimum absolute atomic E-state index is 0.141. The van der Waals surface area contributed by atoms with Crippen molar-refractivity contribution in [3.63, 3.8) is 0 Å². The molecule has 1 N–H and O–H groups in total. The predicted octanol–water partition coefficient (Wildman–Crippen LogP) is 2.79. The molecular weight excluding hydrogens is 306 g/mol. The minimum Gasteiger partial charge on any atom is -0.508 e. The highest BCUT2D eigenvalue weighted by Gasteiger charge is 2.09. The van der Waals surface area contributed by atoms with E-state index >= 15 is 0 Å². The van der Waals surface area contributed by atoms with E-state index in [4.69, 9.17) is 4.74 Å². The molecule has 1 aromatic heterocycles. The molecular formula is C18H17N3O3. The van der Waals surface area contributed by atoms with Crippen LogP contribution in [-0.4, -0.2) is 32.7 Å². The van der Waals surface area contributed by atoms with E-state index in [2.05, 4.69) is 16.8 Å². The number of rotatable bonds is 5. The lowest BCUT2D eigenvalue weighted by atomic mass is 10.1. The summed E-state index contributed by atoms with van der Waals surface area (Å²) in [7, 11) is 0. The van der Waals surface area contributed by atoms with Crippen LogP contribution >= 0.6 is 0 Å². The largest absolute Gasteiger partial charge is 0.508 e. The van der Waals surface area contributed by atoms with Crippen molar-refractivity contribution in [3.05, 3.63) is 60.2 Å². The average Bonchev–Trinajstić information content (AvgIpc) is 3.00. The molecule has 0 saturated heterocycles. The summed E-state index contributed by atoms with van der Waals surface area (Å²) in [5.41, 5.74) is 3.32. The number of carbonyl (C=O) groups excluding carboxylic acids is 1. The second-order valence-corrected chi connectivity index (χ2v) is 5.46. The van der Waals surface area contributed by atoms with E-state index in [1.54, 1.807) is 25.1 Å². The van der Waals surface area contributed by atoms with Gasteiger partial charge in [0, 0.05) is 12.0 Å². The Labute approximate surface area is 139 Å². The number of ether oxygens (including phenoxy) is 1. The molecule has 0 radical (unpaired) electrons. The lowest BCUT2D eigenvalue weighted by Gasteiger charge is -2.08. The molecule has 122 valence electrons. The normalized spacial score (nSPS) is 10.7. The first-order valence-electron chi connectivity index (χ1n) is 7.51. The van der Waals surface area contributed by atoms with E-state index in [1.807, 2.05) is 24.3 Å². The van der Waals surface area contributed by atoms with Crippen molar-refractivity contribution in [3.8, 4) is 11.4 Å². The summed E-state index contributed by atoms with van der Waals surface area (Å²) in [6, 6.07) is 12.7. The van der Waals surface area contributed by atoms with Crippen LogP contribution in [0.5, 0.6) is 5.75 Å². The molecule has 0 bridgehead atoms. The Kier molecular flexibility index (Phi) is 4.29. The third kappa shape index (κ3) is 3.27. The van der Waals surface area contributed by atoms with Gasteiger partial charge < -0.3 is 9.84 Å². The maximum atomic E-state index is 11.4. The third-order valence-electron chi connectivity index (χ3n) is 3.53. The molecule has 0 aliphatic heterocycles. The number of aromatic nitrogens is 3. The number of nitrogens with zero attached hydrogens (tertiary/aromatic N) is 3. The first-order valence-corrected chi connectivity index (χ1v) is 7.51. The van der Waals surface area contributed by atoms with Crippen LogP contribution < -0.4 is 0 Å². The van der Waals surface area contributed by atoms with E-state index < -0.39 is 5.97 Å².